The zero-order valence-corrected chi connectivity index (χ0v) is 17.4. The molecule has 3 rings (SSSR count). The number of nitrogens with one attached hydrogen (secondary N) is 1. The first-order valence-corrected chi connectivity index (χ1v) is 10.1. The Hall–Kier alpha value is -3.42. The number of hydrogen-bond acceptors (Lipinski definition) is 2. The molecule has 0 spiro atoms. The minimum Gasteiger partial charge on any atom is -0.348 e. The molecule has 1 amide bonds. The fourth-order valence-corrected chi connectivity index (χ4v) is 3.21. The Labute approximate surface area is 182 Å². The first-order chi connectivity index (χ1) is 15.2. The molecule has 0 saturated heterocycles. The van der Waals surface area contributed by atoms with Gasteiger partial charge in [0.15, 0.2) is 0 Å². The maximum absolute atomic E-state index is 13.1. The number of amides is 1. The highest BCUT2D eigenvalue weighted by Gasteiger charge is 2.30. The van der Waals surface area contributed by atoms with E-state index in [1.54, 1.807) is 0 Å². The van der Waals surface area contributed by atoms with Crippen molar-refractivity contribution in [2.24, 2.45) is 0 Å². The highest BCUT2D eigenvalue weighted by Crippen LogP contribution is 2.32. The van der Waals surface area contributed by atoms with Gasteiger partial charge >= 0.3 is 6.18 Å². The van der Waals surface area contributed by atoms with Crippen LogP contribution in [0.4, 0.5) is 17.6 Å². The van der Waals surface area contributed by atoms with E-state index in [2.05, 4.69) is 5.32 Å². The third kappa shape index (κ3) is 5.63. The van der Waals surface area contributed by atoms with Crippen LogP contribution in [-0.2, 0) is 19.3 Å². The normalized spacial score (nSPS) is 11.4. The number of carbonyl (C=O) groups excluding carboxylic acids is 1. The van der Waals surface area contributed by atoms with Crippen molar-refractivity contribution in [3.8, 4) is 11.1 Å². The van der Waals surface area contributed by atoms with Crippen molar-refractivity contribution in [2.45, 2.75) is 39.0 Å². The monoisotopic (exact) mass is 446 g/mol. The molecule has 0 saturated carbocycles. The maximum Gasteiger partial charge on any atom is 0.416 e. The molecule has 32 heavy (non-hydrogen) atoms. The van der Waals surface area contributed by atoms with Gasteiger partial charge < -0.3 is 9.88 Å². The number of halogens is 4. The summed E-state index contributed by atoms with van der Waals surface area (Å²) in [5, 5.41) is 2.62. The Kier molecular flexibility index (Phi) is 7.12. The fraction of sp³-hybridized carbons (Fsp3) is 0.250. The van der Waals surface area contributed by atoms with Gasteiger partial charge in [-0.1, -0.05) is 37.6 Å². The molecule has 0 fully saturated rings. The Bertz CT molecular complexity index is 1150. The topological polar surface area (TPSA) is 51.1 Å². The second-order valence-electron chi connectivity index (χ2n) is 7.38. The van der Waals surface area contributed by atoms with E-state index in [1.807, 2.05) is 6.92 Å². The van der Waals surface area contributed by atoms with Gasteiger partial charge in [-0.05, 0) is 53.4 Å². The average Bonchev–Trinajstić information content (AvgIpc) is 2.77. The van der Waals surface area contributed by atoms with Gasteiger partial charge in [0.25, 0.3) is 11.5 Å². The van der Waals surface area contributed by atoms with Crippen molar-refractivity contribution in [3.63, 3.8) is 0 Å². The summed E-state index contributed by atoms with van der Waals surface area (Å²) in [5.74, 6) is -1.06. The lowest BCUT2D eigenvalue weighted by atomic mass is 10.0. The van der Waals surface area contributed by atoms with Crippen LogP contribution in [0.3, 0.4) is 0 Å². The van der Waals surface area contributed by atoms with Crippen LogP contribution < -0.4 is 10.9 Å². The Morgan fingerprint density at radius 1 is 1.03 bits per heavy atom. The Balaban J connectivity index is 1.97. The highest BCUT2D eigenvalue weighted by molar-refractivity contribution is 5.95. The van der Waals surface area contributed by atoms with Crippen LogP contribution in [0.15, 0.2) is 65.6 Å². The summed E-state index contributed by atoms with van der Waals surface area (Å²) in [6.07, 6.45) is -1.57. The second-order valence-corrected chi connectivity index (χ2v) is 7.38. The molecule has 3 aromatic rings. The van der Waals surface area contributed by atoms with Crippen LogP contribution in [-0.4, -0.2) is 10.5 Å². The van der Waals surface area contributed by atoms with E-state index in [-0.39, 0.29) is 17.7 Å². The molecule has 0 aliphatic heterocycles. The molecule has 2 aromatic carbocycles. The minimum atomic E-state index is -4.51. The number of nitrogens with zero attached hydrogens (tertiary/aromatic N) is 1. The van der Waals surface area contributed by atoms with Crippen molar-refractivity contribution < 1.29 is 22.4 Å². The number of benzene rings is 2. The molecule has 168 valence electrons. The summed E-state index contributed by atoms with van der Waals surface area (Å²) in [4.78, 5) is 25.6. The number of unbranched alkanes of at least 4 members (excludes halogenated alkanes) is 1. The van der Waals surface area contributed by atoms with E-state index < -0.39 is 29.0 Å². The van der Waals surface area contributed by atoms with Crippen LogP contribution in [0.2, 0.25) is 0 Å². The molecule has 0 atom stereocenters. The number of aryl methyl sites for hydroxylation is 1. The van der Waals surface area contributed by atoms with E-state index in [9.17, 15) is 27.2 Å². The maximum atomic E-state index is 13.1. The number of carbonyl (C=O) groups is 1. The zero-order chi connectivity index (χ0) is 23.3. The molecule has 1 N–H and O–H groups in total. The standard InChI is InChI=1S/C24H22F4N2O2/c1-2-3-11-30-15-18(17-5-4-6-19(12-17)24(26,27)28)13-21(23(30)32)22(31)29-14-16-7-9-20(25)10-8-16/h4-10,12-13,15H,2-3,11,14H2,1H3,(H,29,31). The first kappa shape index (κ1) is 23.2. The van der Waals surface area contributed by atoms with Gasteiger partial charge in [-0.3, -0.25) is 9.59 Å². The van der Waals surface area contributed by atoms with Crippen molar-refractivity contribution in [3.05, 3.63) is 93.7 Å². The summed E-state index contributed by atoms with van der Waals surface area (Å²) in [6, 6.07) is 11.6. The molecule has 0 radical (unpaired) electrons. The molecular formula is C24H22F4N2O2. The molecule has 0 aliphatic carbocycles. The van der Waals surface area contributed by atoms with Crippen LogP contribution in [0.25, 0.3) is 11.1 Å². The number of aromatic nitrogens is 1. The minimum absolute atomic E-state index is 0.0707. The molecule has 8 heteroatoms. The van der Waals surface area contributed by atoms with Gasteiger partial charge in [-0.15, -0.1) is 0 Å². The smallest absolute Gasteiger partial charge is 0.348 e. The van der Waals surface area contributed by atoms with E-state index in [1.165, 1.54) is 53.2 Å². The third-order valence-corrected chi connectivity index (χ3v) is 4.97. The highest BCUT2D eigenvalue weighted by atomic mass is 19.4. The van der Waals surface area contributed by atoms with Crippen LogP contribution in [0, 0.1) is 5.82 Å². The predicted molar refractivity (Wildman–Crippen MR) is 114 cm³/mol. The van der Waals surface area contributed by atoms with E-state index in [0.29, 0.717) is 24.1 Å². The lowest BCUT2D eigenvalue weighted by Crippen LogP contribution is -2.33. The van der Waals surface area contributed by atoms with Gasteiger partial charge in [0.1, 0.15) is 11.4 Å². The van der Waals surface area contributed by atoms with E-state index in [0.717, 1.165) is 18.6 Å². The SMILES string of the molecule is CCCCn1cc(-c2cccc(C(F)(F)F)c2)cc(C(=O)NCc2ccc(F)cc2)c1=O. The molecule has 1 heterocycles. The fourth-order valence-electron chi connectivity index (χ4n) is 3.21. The summed E-state index contributed by atoms with van der Waals surface area (Å²) in [7, 11) is 0. The van der Waals surface area contributed by atoms with Gasteiger partial charge in [-0.2, -0.15) is 13.2 Å². The lowest BCUT2D eigenvalue weighted by molar-refractivity contribution is -0.137. The molecule has 0 bridgehead atoms. The van der Waals surface area contributed by atoms with Crippen LogP contribution in [0.5, 0.6) is 0 Å². The number of pyridine rings is 1. The van der Waals surface area contributed by atoms with Gasteiger partial charge in [-0.25, -0.2) is 4.39 Å². The Morgan fingerprint density at radius 2 is 1.75 bits per heavy atom. The lowest BCUT2D eigenvalue weighted by Gasteiger charge is -2.14. The predicted octanol–water partition coefficient (Wildman–Crippen LogP) is 5.40. The number of rotatable bonds is 7. The van der Waals surface area contributed by atoms with Crippen LogP contribution in [0.1, 0.15) is 41.3 Å². The molecule has 0 aliphatic rings. The summed E-state index contributed by atoms with van der Waals surface area (Å²) >= 11 is 0. The summed E-state index contributed by atoms with van der Waals surface area (Å²) < 4.78 is 53.8. The Morgan fingerprint density at radius 3 is 2.41 bits per heavy atom. The van der Waals surface area contributed by atoms with Crippen molar-refractivity contribution >= 4 is 5.91 Å². The van der Waals surface area contributed by atoms with E-state index >= 15 is 0 Å². The molecule has 1 aromatic heterocycles. The number of alkyl halides is 3. The number of hydrogen-bond donors (Lipinski definition) is 1. The molecular weight excluding hydrogens is 424 g/mol. The van der Waals surface area contributed by atoms with Gasteiger partial charge in [0, 0.05) is 19.3 Å². The van der Waals surface area contributed by atoms with Crippen LogP contribution >= 0.6 is 0 Å². The molecule has 0 unspecified atom stereocenters. The summed E-state index contributed by atoms with van der Waals surface area (Å²) in [6.45, 7) is 2.35. The largest absolute Gasteiger partial charge is 0.416 e. The van der Waals surface area contributed by atoms with Gasteiger partial charge in [0.2, 0.25) is 0 Å². The van der Waals surface area contributed by atoms with Crippen molar-refractivity contribution in [2.75, 3.05) is 0 Å². The zero-order valence-electron chi connectivity index (χ0n) is 17.4. The summed E-state index contributed by atoms with van der Waals surface area (Å²) in [5.41, 5.74) is -0.288. The van der Waals surface area contributed by atoms with Gasteiger partial charge in [0.05, 0.1) is 5.56 Å². The van der Waals surface area contributed by atoms with E-state index in [4.69, 9.17) is 0 Å². The average molecular weight is 446 g/mol. The van der Waals surface area contributed by atoms with Crippen molar-refractivity contribution in [1.29, 1.82) is 0 Å². The molecule has 4 nitrogen and oxygen atoms in total. The van der Waals surface area contributed by atoms with Crippen molar-refractivity contribution in [1.82, 2.24) is 9.88 Å². The third-order valence-electron chi connectivity index (χ3n) is 4.97. The quantitative estimate of drug-likeness (QED) is 0.494. The second kappa shape index (κ2) is 9.80. The first-order valence-electron chi connectivity index (χ1n) is 10.1.